The van der Waals surface area contributed by atoms with Gasteiger partial charge in [-0.3, -0.25) is 9.69 Å². The lowest BCUT2D eigenvalue weighted by Crippen LogP contribution is -2.49. The fraction of sp³-hybridized carbons (Fsp3) is 0.333. The summed E-state index contributed by atoms with van der Waals surface area (Å²) in [6.45, 7) is 2.74. The van der Waals surface area contributed by atoms with Crippen LogP contribution in [-0.4, -0.2) is 29.9 Å². The third kappa shape index (κ3) is 4.07. The molecule has 1 fully saturated rings. The summed E-state index contributed by atoms with van der Waals surface area (Å²) in [5, 5.41) is 14.6. The molecule has 1 aliphatic rings. The second-order valence-corrected chi connectivity index (χ2v) is 5.95. The Kier molecular flexibility index (Phi) is 4.88. The second kappa shape index (κ2) is 7.24. The highest BCUT2D eigenvalue weighted by molar-refractivity contribution is 5.91. The second-order valence-electron chi connectivity index (χ2n) is 5.95. The van der Waals surface area contributed by atoms with Crippen LogP contribution in [0.1, 0.15) is 28.9 Å². The highest BCUT2D eigenvalue weighted by Crippen LogP contribution is 2.14. The molecular weight excluding hydrogens is 290 g/mol. The smallest absolute Gasteiger partial charge is 0.317 e. The van der Waals surface area contributed by atoms with Crippen molar-refractivity contribution < 1.29 is 9.52 Å². The zero-order chi connectivity index (χ0) is 16.1. The molecule has 3 rings (SSSR count). The summed E-state index contributed by atoms with van der Waals surface area (Å²) in [7, 11) is 0. The van der Waals surface area contributed by atoms with Gasteiger partial charge >= 0.3 is 5.91 Å². The molecule has 1 atom stereocenters. The van der Waals surface area contributed by atoms with E-state index >= 15 is 0 Å². The van der Waals surface area contributed by atoms with Gasteiger partial charge in [0.25, 0.3) is 5.69 Å². The number of nitrogens with zero attached hydrogens (tertiary/aromatic N) is 2. The Balaban J connectivity index is 1.58. The van der Waals surface area contributed by atoms with Gasteiger partial charge in [-0.2, -0.15) is 4.73 Å². The molecular formula is C18H21N3O2. The molecule has 0 radical (unpaired) electrons. The molecule has 0 unspecified atom stereocenters. The summed E-state index contributed by atoms with van der Waals surface area (Å²) in [5.74, 6) is -0.299. The molecule has 1 N–H and O–H groups in total. The number of pyridine rings is 1. The van der Waals surface area contributed by atoms with Crippen molar-refractivity contribution in [1.82, 2.24) is 10.2 Å². The summed E-state index contributed by atoms with van der Waals surface area (Å²) >= 11 is 0. The number of likely N-dealkylation sites (tertiary alicyclic amines) is 1. The van der Waals surface area contributed by atoms with Gasteiger partial charge in [-0.25, -0.2) is 0 Å². The number of carbonyl (C=O) groups is 1. The van der Waals surface area contributed by atoms with Crippen LogP contribution in [0.15, 0.2) is 54.7 Å². The van der Waals surface area contributed by atoms with E-state index < -0.39 is 0 Å². The molecule has 1 aromatic heterocycles. The summed E-state index contributed by atoms with van der Waals surface area (Å²) in [6, 6.07) is 15.3. The lowest BCUT2D eigenvalue weighted by Gasteiger charge is -2.33. The van der Waals surface area contributed by atoms with Crippen molar-refractivity contribution >= 4 is 5.91 Å². The maximum Gasteiger partial charge on any atom is 0.317 e. The molecule has 120 valence electrons. The molecule has 0 spiro atoms. The average molecular weight is 311 g/mol. The van der Waals surface area contributed by atoms with E-state index in [1.807, 2.05) is 18.2 Å². The van der Waals surface area contributed by atoms with E-state index in [0.29, 0.717) is 4.73 Å². The summed E-state index contributed by atoms with van der Waals surface area (Å²) in [5.41, 5.74) is 1.42. The Morgan fingerprint density at radius 1 is 1.22 bits per heavy atom. The van der Waals surface area contributed by atoms with Crippen molar-refractivity contribution in [1.29, 1.82) is 0 Å². The summed E-state index contributed by atoms with van der Waals surface area (Å²) in [6.07, 6.45) is 3.34. The van der Waals surface area contributed by atoms with E-state index in [1.165, 1.54) is 11.8 Å². The van der Waals surface area contributed by atoms with Gasteiger partial charge in [0.2, 0.25) is 0 Å². The van der Waals surface area contributed by atoms with E-state index in [0.717, 1.165) is 32.5 Å². The molecule has 1 aliphatic heterocycles. The molecule has 0 saturated carbocycles. The zero-order valence-corrected chi connectivity index (χ0v) is 13.0. The minimum atomic E-state index is -0.299. The molecule has 0 aliphatic carbocycles. The maximum atomic E-state index is 12.2. The molecule has 2 heterocycles. The van der Waals surface area contributed by atoms with Crippen LogP contribution in [0.2, 0.25) is 0 Å². The SMILES string of the molecule is O=C(N[C@@H]1CCCN(Cc2ccccc2)C1)c1cccc[n+]1[O-]. The Morgan fingerprint density at radius 3 is 2.78 bits per heavy atom. The van der Waals surface area contributed by atoms with Gasteiger partial charge in [-0.1, -0.05) is 30.3 Å². The Labute approximate surface area is 136 Å². The molecule has 0 bridgehead atoms. The quantitative estimate of drug-likeness (QED) is 0.691. The van der Waals surface area contributed by atoms with Crippen molar-refractivity contribution in [2.45, 2.75) is 25.4 Å². The third-order valence-corrected chi connectivity index (χ3v) is 4.15. The summed E-state index contributed by atoms with van der Waals surface area (Å²) in [4.78, 5) is 14.6. The monoisotopic (exact) mass is 311 g/mol. The first-order valence-electron chi connectivity index (χ1n) is 7.98. The highest BCUT2D eigenvalue weighted by atomic mass is 16.5. The van der Waals surface area contributed by atoms with Crippen LogP contribution in [0, 0.1) is 5.21 Å². The predicted molar refractivity (Wildman–Crippen MR) is 87.6 cm³/mol. The lowest BCUT2D eigenvalue weighted by molar-refractivity contribution is -0.607. The summed E-state index contributed by atoms with van der Waals surface area (Å²) < 4.78 is 0.611. The molecule has 5 heteroatoms. The van der Waals surface area contributed by atoms with Crippen LogP contribution in [0.3, 0.4) is 0 Å². The van der Waals surface area contributed by atoms with Crippen LogP contribution in [0.5, 0.6) is 0 Å². The fourth-order valence-corrected chi connectivity index (χ4v) is 3.02. The first-order valence-corrected chi connectivity index (χ1v) is 7.98. The van der Waals surface area contributed by atoms with Crippen LogP contribution in [-0.2, 0) is 6.54 Å². The fourth-order valence-electron chi connectivity index (χ4n) is 3.02. The van der Waals surface area contributed by atoms with Crippen LogP contribution in [0.4, 0.5) is 0 Å². The largest absolute Gasteiger partial charge is 0.618 e. The highest BCUT2D eigenvalue weighted by Gasteiger charge is 2.24. The number of amides is 1. The van der Waals surface area contributed by atoms with Gasteiger partial charge in [0.15, 0.2) is 6.20 Å². The Morgan fingerprint density at radius 2 is 2.00 bits per heavy atom. The molecule has 2 aromatic rings. The zero-order valence-electron chi connectivity index (χ0n) is 13.0. The Hall–Kier alpha value is -2.40. The van der Waals surface area contributed by atoms with Gasteiger partial charge in [0.1, 0.15) is 0 Å². The number of carbonyl (C=O) groups excluding carboxylic acids is 1. The topological polar surface area (TPSA) is 59.3 Å². The van der Waals surface area contributed by atoms with Gasteiger partial charge in [-0.15, -0.1) is 0 Å². The lowest BCUT2D eigenvalue weighted by atomic mass is 10.0. The normalized spacial score (nSPS) is 18.5. The van der Waals surface area contributed by atoms with E-state index in [-0.39, 0.29) is 17.6 Å². The number of aromatic nitrogens is 1. The van der Waals surface area contributed by atoms with E-state index in [9.17, 15) is 10.0 Å². The van der Waals surface area contributed by atoms with Crippen molar-refractivity contribution in [3.05, 3.63) is 71.2 Å². The van der Waals surface area contributed by atoms with Gasteiger partial charge in [0.05, 0.1) is 0 Å². The van der Waals surface area contributed by atoms with Crippen LogP contribution in [0.25, 0.3) is 0 Å². The predicted octanol–water partition coefficient (Wildman–Crippen LogP) is 1.71. The van der Waals surface area contributed by atoms with E-state index in [2.05, 4.69) is 22.3 Å². The van der Waals surface area contributed by atoms with Crippen molar-refractivity contribution in [2.24, 2.45) is 0 Å². The van der Waals surface area contributed by atoms with Crippen LogP contribution < -0.4 is 10.0 Å². The molecule has 1 aromatic carbocycles. The van der Waals surface area contributed by atoms with Gasteiger partial charge < -0.3 is 10.5 Å². The first kappa shape index (κ1) is 15.5. The number of nitrogens with one attached hydrogen (secondary N) is 1. The van der Waals surface area contributed by atoms with E-state index in [1.54, 1.807) is 18.2 Å². The molecule has 1 amide bonds. The molecule has 1 saturated heterocycles. The average Bonchev–Trinajstić information content (AvgIpc) is 2.56. The third-order valence-electron chi connectivity index (χ3n) is 4.15. The number of hydrogen-bond donors (Lipinski definition) is 1. The maximum absolute atomic E-state index is 12.2. The van der Waals surface area contributed by atoms with E-state index in [4.69, 9.17) is 0 Å². The number of hydrogen-bond acceptors (Lipinski definition) is 3. The van der Waals surface area contributed by atoms with Crippen molar-refractivity contribution in [2.75, 3.05) is 13.1 Å². The van der Waals surface area contributed by atoms with Crippen LogP contribution >= 0.6 is 0 Å². The van der Waals surface area contributed by atoms with Gasteiger partial charge in [0, 0.05) is 31.3 Å². The standard InChI is InChI=1S/C18H21N3O2/c22-18(17-10-4-5-12-21(17)23)19-16-9-6-11-20(14-16)13-15-7-2-1-3-8-15/h1-5,7-8,10,12,16H,6,9,11,13-14H2,(H,19,22)/t16-/m1/s1. The molecule has 23 heavy (non-hydrogen) atoms. The first-order chi connectivity index (χ1) is 11.2. The number of benzene rings is 1. The minimum absolute atomic E-state index is 0.0835. The molecule has 5 nitrogen and oxygen atoms in total. The number of rotatable bonds is 4. The Bertz CT molecular complexity index is 660. The van der Waals surface area contributed by atoms with Crippen molar-refractivity contribution in [3.63, 3.8) is 0 Å². The minimum Gasteiger partial charge on any atom is -0.618 e. The van der Waals surface area contributed by atoms with Crippen molar-refractivity contribution in [3.8, 4) is 0 Å². The number of piperidine rings is 1. The van der Waals surface area contributed by atoms with Gasteiger partial charge in [-0.05, 0) is 31.0 Å².